The van der Waals surface area contributed by atoms with Gasteiger partial charge in [0.25, 0.3) is 0 Å². The summed E-state index contributed by atoms with van der Waals surface area (Å²) < 4.78 is 0. The molecule has 0 aromatic heterocycles. The number of hydrogen-bond acceptors (Lipinski definition) is 1. The van der Waals surface area contributed by atoms with Gasteiger partial charge in [-0.1, -0.05) is 20.3 Å². The van der Waals surface area contributed by atoms with E-state index >= 15 is 0 Å². The predicted octanol–water partition coefficient (Wildman–Crippen LogP) is 2.13. The Kier molecular flexibility index (Phi) is 4.89. The maximum Gasteiger partial charge on any atom is 0 e. The second kappa shape index (κ2) is 4.62. The molecule has 1 saturated heterocycles. The third kappa shape index (κ3) is 3.25. The molecule has 0 aromatic rings. The van der Waals surface area contributed by atoms with Crippen LogP contribution in [0.25, 0.3) is 0 Å². The molecule has 0 aliphatic carbocycles. The van der Waals surface area contributed by atoms with Gasteiger partial charge in [-0.05, 0) is 38.4 Å². The van der Waals surface area contributed by atoms with E-state index in [-0.39, 0.29) is 21.1 Å². The number of piperidine rings is 1. The van der Waals surface area contributed by atoms with E-state index in [4.69, 9.17) is 0 Å². The van der Waals surface area contributed by atoms with Crippen molar-refractivity contribution in [3.05, 3.63) is 0 Å². The summed E-state index contributed by atoms with van der Waals surface area (Å²) in [5, 5.41) is 0. The maximum atomic E-state index is 2.43. The first-order valence-corrected chi connectivity index (χ1v) is 4.35. The molecule has 1 heterocycles. The summed E-state index contributed by atoms with van der Waals surface area (Å²) in [6.07, 6.45) is 4.13. The summed E-state index contributed by atoms with van der Waals surface area (Å²) in [6.45, 7) is 7.32. The van der Waals surface area contributed by atoms with Crippen molar-refractivity contribution in [2.24, 2.45) is 5.41 Å². The molecule has 2 heteroatoms. The quantitative estimate of drug-likeness (QED) is 0.714. The summed E-state index contributed by atoms with van der Waals surface area (Å²) in [6, 6.07) is 0. The Morgan fingerprint density at radius 3 is 2.09 bits per heavy atom. The largest absolute Gasteiger partial charge is 0.306 e. The third-order valence-corrected chi connectivity index (χ3v) is 3.05. The van der Waals surface area contributed by atoms with E-state index in [9.17, 15) is 0 Å². The van der Waals surface area contributed by atoms with Gasteiger partial charge in [0.05, 0.1) is 0 Å². The maximum absolute atomic E-state index is 2.43. The van der Waals surface area contributed by atoms with Gasteiger partial charge in [-0.15, -0.1) is 0 Å². The summed E-state index contributed by atoms with van der Waals surface area (Å²) in [7, 11) is 2.22. The molecule has 0 unspecified atom stereocenters. The number of rotatable bonds is 1. The minimum atomic E-state index is 0. The van der Waals surface area contributed by atoms with Crippen LogP contribution in [0, 0.1) is 5.41 Å². The number of nitrogens with zero attached hydrogens (tertiary/aromatic N) is 1. The Hall–Kier alpha value is 0.648. The van der Waals surface area contributed by atoms with Crippen molar-refractivity contribution >= 4 is 0 Å². The van der Waals surface area contributed by atoms with Crippen LogP contribution in [0.5, 0.6) is 0 Å². The Balaban J connectivity index is 0.000001000. The van der Waals surface area contributed by atoms with E-state index in [1.54, 1.807) is 0 Å². The summed E-state index contributed by atoms with van der Waals surface area (Å²) in [4.78, 5) is 2.43. The van der Waals surface area contributed by atoms with Crippen LogP contribution >= 0.6 is 0 Å². The SMILES string of the molecule is CCC1(C)CCN(C)CC1.[W]. The van der Waals surface area contributed by atoms with Crippen molar-refractivity contribution in [1.82, 2.24) is 4.90 Å². The Labute approximate surface area is 84.8 Å². The minimum absolute atomic E-state index is 0. The normalized spacial score (nSPS) is 24.3. The fraction of sp³-hybridized carbons (Fsp3) is 1.00. The Bertz CT molecular complexity index is 106. The van der Waals surface area contributed by atoms with Gasteiger partial charge in [0.1, 0.15) is 0 Å². The molecule has 11 heavy (non-hydrogen) atoms. The minimum Gasteiger partial charge on any atom is -0.306 e. The average Bonchev–Trinajstić information content (AvgIpc) is 1.96. The van der Waals surface area contributed by atoms with E-state index in [1.165, 1.54) is 32.4 Å². The van der Waals surface area contributed by atoms with Crippen LogP contribution in [-0.4, -0.2) is 25.0 Å². The molecule has 0 bridgehead atoms. The fourth-order valence-corrected chi connectivity index (χ4v) is 1.51. The van der Waals surface area contributed by atoms with Gasteiger partial charge in [0.15, 0.2) is 0 Å². The van der Waals surface area contributed by atoms with E-state index in [2.05, 4.69) is 25.8 Å². The van der Waals surface area contributed by atoms with Crippen LogP contribution in [0.2, 0.25) is 0 Å². The van der Waals surface area contributed by atoms with Gasteiger partial charge in [-0.3, -0.25) is 0 Å². The zero-order valence-electron chi connectivity index (χ0n) is 7.89. The first-order valence-electron chi connectivity index (χ1n) is 4.35. The van der Waals surface area contributed by atoms with Crippen molar-refractivity contribution in [2.45, 2.75) is 33.1 Å². The van der Waals surface area contributed by atoms with Gasteiger partial charge in [-0.25, -0.2) is 0 Å². The molecule has 1 aliphatic rings. The van der Waals surface area contributed by atoms with Crippen molar-refractivity contribution in [3.8, 4) is 0 Å². The van der Waals surface area contributed by atoms with Crippen molar-refractivity contribution < 1.29 is 21.1 Å². The van der Waals surface area contributed by atoms with E-state index in [0.29, 0.717) is 5.41 Å². The molecule has 0 aromatic carbocycles. The van der Waals surface area contributed by atoms with Crippen LogP contribution < -0.4 is 0 Å². The summed E-state index contributed by atoms with van der Waals surface area (Å²) >= 11 is 0. The molecular weight excluding hydrogens is 306 g/mol. The average molecular weight is 325 g/mol. The van der Waals surface area contributed by atoms with E-state index < -0.39 is 0 Å². The summed E-state index contributed by atoms with van der Waals surface area (Å²) in [5.74, 6) is 0. The van der Waals surface area contributed by atoms with Gasteiger partial charge in [-0.2, -0.15) is 0 Å². The molecule has 1 nitrogen and oxygen atoms in total. The molecular formula is C9H19NW. The number of likely N-dealkylation sites (tertiary alicyclic amines) is 1. The van der Waals surface area contributed by atoms with Crippen LogP contribution in [0.15, 0.2) is 0 Å². The van der Waals surface area contributed by atoms with E-state index in [1.807, 2.05) is 0 Å². The second-order valence-electron chi connectivity index (χ2n) is 3.97. The smallest absolute Gasteiger partial charge is 0 e. The van der Waals surface area contributed by atoms with E-state index in [0.717, 1.165) is 0 Å². The first-order chi connectivity index (χ1) is 4.66. The Morgan fingerprint density at radius 2 is 1.73 bits per heavy atom. The molecule has 0 amide bonds. The summed E-state index contributed by atoms with van der Waals surface area (Å²) in [5.41, 5.74) is 0.659. The van der Waals surface area contributed by atoms with Crippen molar-refractivity contribution in [3.63, 3.8) is 0 Å². The molecule has 0 N–H and O–H groups in total. The molecule has 0 radical (unpaired) electrons. The molecule has 1 rings (SSSR count). The molecule has 0 atom stereocenters. The monoisotopic (exact) mass is 325 g/mol. The van der Waals surface area contributed by atoms with Crippen LogP contribution in [0.3, 0.4) is 0 Å². The van der Waals surface area contributed by atoms with Gasteiger partial charge >= 0.3 is 0 Å². The van der Waals surface area contributed by atoms with Gasteiger partial charge in [0.2, 0.25) is 0 Å². The van der Waals surface area contributed by atoms with Crippen LogP contribution in [0.1, 0.15) is 33.1 Å². The van der Waals surface area contributed by atoms with Crippen molar-refractivity contribution in [1.29, 1.82) is 0 Å². The number of hydrogen-bond donors (Lipinski definition) is 0. The van der Waals surface area contributed by atoms with Crippen LogP contribution in [-0.2, 0) is 21.1 Å². The first kappa shape index (κ1) is 11.6. The predicted molar refractivity (Wildman–Crippen MR) is 45.1 cm³/mol. The molecule has 1 aliphatic heterocycles. The Morgan fingerprint density at radius 1 is 1.27 bits per heavy atom. The van der Waals surface area contributed by atoms with Crippen molar-refractivity contribution in [2.75, 3.05) is 20.1 Å². The molecule has 0 saturated carbocycles. The molecule has 1 fully saturated rings. The standard InChI is InChI=1S/C9H19N.W/c1-4-9(2)5-7-10(3)8-6-9;/h4-8H2,1-3H3;. The topological polar surface area (TPSA) is 3.24 Å². The van der Waals surface area contributed by atoms with Gasteiger partial charge < -0.3 is 4.90 Å². The molecule has 66 valence electrons. The zero-order valence-corrected chi connectivity index (χ0v) is 10.8. The fourth-order valence-electron chi connectivity index (χ4n) is 1.51. The third-order valence-electron chi connectivity index (χ3n) is 3.05. The second-order valence-corrected chi connectivity index (χ2v) is 3.97. The van der Waals surface area contributed by atoms with Gasteiger partial charge in [0, 0.05) is 21.1 Å². The zero-order chi connectivity index (χ0) is 7.61. The molecule has 0 spiro atoms. The van der Waals surface area contributed by atoms with Crippen LogP contribution in [0.4, 0.5) is 0 Å².